The van der Waals surface area contributed by atoms with Gasteiger partial charge in [0.15, 0.2) is 0 Å². The summed E-state index contributed by atoms with van der Waals surface area (Å²) in [5.74, 6) is 0.722. The topological polar surface area (TPSA) is 0 Å². The van der Waals surface area contributed by atoms with Gasteiger partial charge < -0.3 is 0 Å². The highest BCUT2D eigenvalue weighted by Gasteiger charge is 2.69. The number of alkyl halides is 4. The van der Waals surface area contributed by atoms with Crippen LogP contribution in [-0.4, -0.2) is 6.47 Å². The Morgan fingerprint density at radius 2 is 1.59 bits per heavy atom. The predicted molar refractivity (Wildman–Crippen MR) is 86.6 cm³/mol. The van der Waals surface area contributed by atoms with Gasteiger partial charge in [-0.3, -0.25) is 0 Å². The van der Waals surface area contributed by atoms with E-state index >= 15 is 0 Å². The Hall–Kier alpha value is 1.14. The van der Waals surface area contributed by atoms with Gasteiger partial charge in [0, 0.05) is 5.41 Å². The Bertz CT molecular complexity index is 440. The van der Waals surface area contributed by atoms with Gasteiger partial charge in [0.1, 0.15) is 0 Å². The van der Waals surface area contributed by atoms with Crippen LogP contribution in [0.3, 0.4) is 0 Å². The SMILES string of the molecule is BrC1(Br)CC1CC1(c2ccccc2)CC1(Br)Br. The molecule has 0 amide bonds. The lowest BCUT2D eigenvalue weighted by Gasteiger charge is -2.19. The van der Waals surface area contributed by atoms with Crippen molar-refractivity contribution in [2.24, 2.45) is 5.92 Å². The zero-order valence-electron chi connectivity index (χ0n) is 9.10. The van der Waals surface area contributed by atoms with Crippen LogP contribution in [0.15, 0.2) is 30.3 Å². The minimum Gasteiger partial charge on any atom is -0.0724 e. The molecule has 0 aromatic heterocycles. The van der Waals surface area contributed by atoms with Gasteiger partial charge in [-0.2, -0.15) is 0 Å². The second-order valence-electron chi connectivity index (χ2n) is 5.20. The van der Waals surface area contributed by atoms with Crippen molar-refractivity contribution in [3.8, 4) is 0 Å². The zero-order chi connectivity index (χ0) is 12.3. The molecule has 0 radical (unpaired) electrons. The van der Waals surface area contributed by atoms with Gasteiger partial charge in [-0.25, -0.2) is 0 Å². The summed E-state index contributed by atoms with van der Waals surface area (Å²) >= 11 is 15.1. The number of rotatable bonds is 3. The van der Waals surface area contributed by atoms with Crippen LogP contribution < -0.4 is 0 Å². The Morgan fingerprint density at radius 3 is 2.00 bits per heavy atom. The highest BCUT2D eigenvalue weighted by Crippen LogP contribution is 2.73. The summed E-state index contributed by atoms with van der Waals surface area (Å²) in [6.45, 7) is 0. The number of halogens is 4. The molecule has 0 N–H and O–H groups in total. The highest BCUT2D eigenvalue weighted by molar-refractivity contribution is 9.26. The van der Waals surface area contributed by atoms with E-state index in [1.807, 2.05) is 0 Å². The van der Waals surface area contributed by atoms with E-state index in [1.54, 1.807) is 0 Å². The summed E-state index contributed by atoms with van der Waals surface area (Å²) < 4.78 is 0.285. The van der Waals surface area contributed by atoms with Gasteiger partial charge in [0.25, 0.3) is 0 Å². The van der Waals surface area contributed by atoms with Gasteiger partial charge in [-0.05, 0) is 30.7 Å². The summed E-state index contributed by atoms with van der Waals surface area (Å²) in [6.07, 6.45) is 3.60. The molecule has 92 valence electrons. The quantitative estimate of drug-likeness (QED) is 0.479. The summed E-state index contributed by atoms with van der Waals surface area (Å²) in [6, 6.07) is 10.8. The maximum Gasteiger partial charge on any atom is 0.0911 e. The molecule has 2 atom stereocenters. The zero-order valence-corrected chi connectivity index (χ0v) is 15.4. The molecule has 2 aliphatic rings. The summed E-state index contributed by atoms with van der Waals surface area (Å²) in [4.78, 5) is 0. The molecule has 2 saturated carbocycles. The molecule has 0 saturated heterocycles. The standard InChI is InChI=1S/C13H12Br4/c14-12(15)7-10(12)6-11(8-13(11,16)17)9-4-2-1-3-5-9/h1-5,10H,6-8H2. The first-order valence-corrected chi connectivity index (χ1v) is 8.86. The Balaban J connectivity index is 1.87. The maximum atomic E-state index is 3.83. The molecular weight excluding hydrogens is 476 g/mol. The largest absolute Gasteiger partial charge is 0.0911 e. The van der Waals surface area contributed by atoms with E-state index in [1.165, 1.54) is 18.4 Å². The Labute approximate surface area is 135 Å². The smallest absolute Gasteiger partial charge is 0.0724 e. The molecule has 0 bridgehead atoms. The molecule has 2 fully saturated rings. The molecule has 17 heavy (non-hydrogen) atoms. The summed E-state index contributed by atoms with van der Waals surface area (Å²) in [7, 11) is 0. The second-order valence-corrected chi connectivity index (χ2v) is 12.9. The third-order valence-corrected chi connectivity index (χ3v) is 8.00. The fourth-order valence-electron chi connectivity index (χ4n) is 2.66. The molecule has 0 spiro atoms. The van der Waals surface area contributed by atoms with Crippen molar-refractivity contribution in [1.82, 2.24) is 0 Å². The van der Waals surface area contributed by atoms with Crippen LogP contribution in [0, 0.1) is 5.92 Å². The van der Waals surface area contributed by atoms with Crippen molar-refractivity contribution in [3.05, 3.63) is 35.9 Å². The third-order valence-electron chi connectivity index (χ3n) is 3.98. The van der Waals surface area contributed by atoms with Gasteiger partial charge in [-0.1, -0.05) is 94.1 Å². The van der Waals surface area contributed by atoms with Gasteiger partial charge in [0.2, 0.25) is 0 Å². The fraction of sp³-hybridized carbons (Fsp3) is 0.538. The molecule has 0 aliphatic heterocycles. The van der Waals surface area contributed by atoms with Crippen LogP contribution in [0.4, 0.5) is 0 Å². The van der Waals surface area contributed by atoms with Crippen LogP contribution in [-0.2, 0) is 5.41 Å². The highest BCUT2D eigenvalue weighted by atomic mass is 79.9. The first-order valence-electron chi connectivity index (χ1n) is 5.69. The molecule has 4 heteroatoms. The van der Waals surface area contributed by atoms with Crippen molar-refractivity contribution in [2.75, 3.05) is 0 Å². The molecule has 1 aromatic rings. The van der Waals surface area contributed by atoms with Gasteiger partial charge >= 0.3 is 0 Å². The molecular formula is C13H12Br4. The van der Waals surface area contributed by atoms with E-state index in [0.29, 0.717) is 0 Å². The summed E-state index contributed by atoms with van der Waals surface area (Å²) in [5, 5.41) is 0. The molecule has 3 rings (SSSR count). The van der Waals surface area contributed by atoms with Crippen molar-refractivity contribution >= 4 is 63.7 Å². The van der Waals surface area contributed by atoms with Crippen molar-refractivity contribution in [3.63, 3.8) is 0 Å². The predicted octanol–water partition coefficient (Wildman–Crippen LogP) is 5.71. The first-order chi connectivity index (χ1) is 7.87. The average Bonchev–Trinajstić information content (AvgIpc) is 3.04. The van der Waals surface area contributed by atoms with Crippen LogP contribution >= 0.6 is 63.7 Å². The molecule has 2 aliphatic carbocycles. The fourth-order valence-corrected chi connectivity index (χ4v) is 5.50. The van der Waals surface area contributed by atoms with E-state index in [9.17, 15) is 0 Å². The van der Waals surface area contributed by atoms with Crippen molar-refractivity contribution in [2.45, 2.75) is 31.1 Å². The minimum atomic E-state index is 0.0903. The molecule has 1 aromatic carbocycles. The number of hydrogen-bond acceptors (Lipinski definition) is 0. The Morgan fingerprint density at radius 1 is 1.06 bits per heavy atom. The lowest BCUT2D eigenvalue weighted by molar-refractivity contribution is 0.566. The second kappa shape index (κ2) is 4.07. The van der Waals surface area contributed by atoms with Gasteiger partial charge in [-0.15, -0.1) is 0 Å². The van der Waals surface area contributed by atoms with Crippen molar-refractivity contribution in [1.29, 1.82) is 0 Å². The van der Waals surface area contributed by atoms with Crippen LogP contribution in [0.2, 0.25) is 0 Å². The van der Waals surface area contributed by atoms with E-state index in [0.717, 1.165) is 12.3 Å². The van der Waals surface area contributed by atoms with E-state index in [-0.39, 0.29) is 11.9 Å². The Kier molecular flexibility index (Phi) is 3.14. The maximum absolute atomic E-state index is 3.83. The lowest BCUT2D eigenvalue weighted by atomic mass is 9.90. The molecule has 0 nitrogen and oxygen atoms in total. The monoisotopic (exact) mass is 484 g/mol. The molecule has 0 heterocycles. The van der Waals surface area contributed by atoms with E-state index in [2.05, 4.69) is 94.1 Å². The first kappa shape index (κ1) is 13.1. The normalized spacial score (nSPS) is 36.6. The van der Waals surface area contributed by atoms with Crippen LogP contribution in [0.25, 0.3) is 0 Å². The van der Waals surface area contributed by atoms with Crippen LogP contribution in [0.1, 0.15) is 24.8 Å². The molecule has 2 unspecified atom stereocenters. The summed E-state index contributed by atoms with van der Waals surface area (Å²) in [5.41, 5.74) is 1.69. The number of hydrogen-bond donors (Lipinski definition) is 0. The number of benzene rings is 1. The van der Waals surface area contributed by atoms with Gasteiger partial charge in [0.05, 0.1) is 6.47 Å². The minimum absolute atomic E-state index is 0.0903. The lowest BCUT2D eigenvalue weighted by Crippen LogP contribution is -2.16. The van der Waals surface area contributed by atoms with Crippen molar-refractivity contribution < 1.29 is 0 Å². The third kappa shape index (κ3) is 2.21. The van der Waals surface area contributed by atoms with E-state index < -0.39 is 0 Å². The van der Waals surface area contributed by atoms with Crippen LogP contribution in [0.5, 0.6) is 0 Å². The average molecular weight is 488 g/mol. The van der Waals surface area contributed by atoms with E-state index in [4.69, 9.17) is 0 Å².